The fraction of sp³-hybridized carbons (Fsp3) is 0.211. The highest BCUT2D eigenvalue weighted by Gasteiger charge is 2.22. The van der Waals surface area contributed by atoms with Gasteiger partial charge < -0.3 is 14.2 Å². The highest BCUT2D eigenvalue weighted by atomic mass is 16.5. The SMILES string of the molecule is CCC1=CN(C)C=C/C1=C(\C(=O)OC)n1ccc2ccccc21. The van der Waals surface area contributed by atoms with E-state index in [2.05, 4.69) is 6.92 Å². The summed E-state index contributed by atoms with van der Waals surface area (Å²) in [7, 11) is 3.40. The molecule has 0 bridgehead atoms. The summed E-state index contributed by atoms with van der Waals surface area (Å²) < 4.78 is 6.98. The molecule has 1 aliphatic heterocycles. The number of aromatic nitrogens is 1. The number of benzene rings is 1. The van der Waals surface area contributed by atoms with Gasteiger partial charge in [-0.05, 0) is 35.6 Å². The fourth-order valence-corrected chi connectivity index (χ4v) is 2.88. The summed E-state index contributed by atoms with van der Waals surface area (Å²) in [6.45, 7) is 2.08. The van der Waals surface area contributed by atoms with E-state index < -0.39 is 0 Å². The predicted molar refractivity (Wildman–Crippen MR) is 92.4 cm³/mol. The van der Waals surface area contributed by atoms with Gasteiger partial charge in [0, 0.05) is 31.2 Å². The van der Waals surface area contributed by atoms with Crippen LogP contribution in [0.5, 0.6) is 0 Å². The third-order valence-electron chi connectivity index (χ3n) is 4.04. The van der Waals surface area contributed by atoms with E-state index in [-0.39, 0.29) is 5.97 Å². The molecule has 4 heteroatoms. The molecule has 0 unspecified atom stereocenters. The normalized spacial score (nSPS) is 16.5. The van der Waals surface area contributed by atoms with E-state index in [9.17, 15) is 4.79 Å². The van der Waals surface area contributed by atoms with Crippen molar-refractivity contribution in [1.82, 2.24) is 9.47 Å². The number of hydrogen-bond donors (Lipinski definition) is 0. The monoisotopic (exact) mass is 308 g/mol. The Labute approximate surface area is 136 Å². The summed E-state index contributed by atoms with van der Waals surface area (Å²) in [5.41, 5.74) is 3.54. The van der Waals surface area contributed by atoms with Crippen molar-refractivity contribution in [2.45, 2.75) is 13.3 Å². The molecule has 2 aromatic rings. The van der Waals surface area contributed by atoms with Crippen LogP contribution in [-0.2, 0) is 9.53 Å². The predicted octanol–water partition coefficient (Wildman–Crippen LogP) is 3.78. The van der Waals surface area contributed by atoms with Crippen LogP contribution in [0.15, 0.2) is 66.2 Å². The lowest BCUT2D eigenvalue weighted by atomic mass is 9.99. The lowest BCUT2D eigenvalue weighted by Crippen LogP contribution is -2.16. The van der Waals surface area contributed by atoms with Gasteiger partial charge in [-0.3, -0.25) is 0 Å². The van der Waals surface area contributed by atoms with Crippen LogP contribution >= 0.6 is 0 Å². The minimum absolute atomic E-state index is 0.338. The minimum atomic E-state index is -0.338. The van der Waals surface area contributed by atoms with Crippen LogP contribution in [0.2, 0.25) is 0 Å². The first-order valence-electron chi connectivity index (χ1n) is 7.66. The van der Waals surface area contributed by atoms with Crippen molar-refractivity contribution in [3.05, 3.63) is 66.2 Å². The van der Waals surface area contributed by atoms with Crippen LogP contribution in [0.25, 0.3) is 16.6 Å². The van der Waals surface area contributed by atoms with Crippen LogP contribution in [0.3, 0.4) is 0 Å². The van der Waals surface area contributed by atoms with Gasteiger partial charge in [0.15, 0.2) is 0 Å². The average molecular weight is 308 g/mol. The molecule has 1 aliphatic rings. The molecule has 0 saturated carbocycles. The van der Waals surface area contributed by atoms with Crippen molar-refractivity contribution in [2.24, 2.45) is 0 Å². The maximum absolute atomic E-state index is 12.5. The smallest absolute Gasteiger partial charge is 0.355 e. The van der Waals surface area contributed by atoms with Crippen LogP contribution < -0.4 is 0 Å². The topological polar surface area (TPSA) is 34.5 Å². The molecular formula is C19H20N2O2. The molecule has 23 heavy (non-hydrogen) atoms. The standard InChI is InChI=1S/C19H20N2O2/c1-4-14-13-20(2)11-10-16(14)18(19(22)23-3)21-12-9-15-7-5-6-8-17(15)21/h5-13H,4H2,1-3H3/b18-16-. The lowest BCUT2D eigenvalue weighted by Gasteiger charge is -2.21. The van der Waals surface area contributed by atoms with Crippen LogP contribution in [0, 0.1) is 0 Å². The van der Waals surface area contributed by atoms with Crippen LogP contribution in [-0.4, -0.2) is 29.6 Å². The molecule has 2 heterocycles. The zero-order chi connectivity index (χ0) is 16.4. The molecule has 0 spiro atoms. The van der Waals surface area contributed by atoms with Gasteiger partial charge in [0.1, 0.15) is 5.70 Å². The lowest BCUT2D eigenvalue weighted by molar-refractivity contribution is -0.134. The Balaban J connectivity index is 2.27. The fourth-order valence-electron chi connectivity index (χ4n) is 2.88. The zero-order valence-electron chi connectivity index (χ0n) is 13.6. The van der Waals surface area contributed by atoms with E-state index >= 15 is 0 Å². The Bertz CT molecular complexity index is 840. The molecule has 118 valence electrons. The molecule has 0 saturated heterocycles. The molecule has 0 radical (unpaired) electrons. The highest BCUT2D eigenvalue weighted by Crippen LogP contribution is 2.30. The van der Waals surface area contributed by atoms with Gasteiger partial charge in [-0.15, -0.1) is 0 Å². The molecule has 1 aromatic heterocycles. The van der Waals surface area contributed by atoms with Crippen molar-refractivity contribution in [3.63, 3.8) is 0 Å². The van der Waals surface area contributed by atoms with Crippen molar-refractivity contribution < 1.29 is 9.53 Å². The Kier molecular flexibility index (Phi) is 4.06. The highest BCUT2D eigenvalue weighted by molar-refractivity contribution is 6.14. The van der Waals surface area contributed by atoms with Gasteiger partial charge >= 0.3 is 5.97 Å². The van der Waals surface area contributed by atoms with Gasteiger partial charge in [0.05, 0.1) is 12.6 Å². The van der Waals surface area contributed by atoms with Crippen LogP contribution in [0.1, 0.15) is 13.3 Å². The van der Waals surface area contributed by atoms with Gasteiger partial charge in [-0.2, -0.15) is 0 Å². The number of allylic oxidation sites excluding steroid dienone is 3. The van der Waals surface area contributed by atoms with Crippen molar-refractivity contribution in [3.8, 4) is 0 Å². The van der Waals surface area contributed by atoms with E-state index in [1.165, 1.54) is 7.11 Å². The maximum atomic E-state index is 12.5. The number of methoxy groups -OCH3 is 1. The second kappa shape index (κ2) is 6.16. The van der Waals surface area contributed by atoms with Gasteiger partial charge in [0.2, 0.25) is 0 Å². The Morgan fingerprint density at radius 1 is 1.22 bits per heavy atom. The number of para-hydroxylation sites is 1. The summed E-state index contributed by atoms with van der Waals surface area (Å²) in [5, 5.41) is 1.09. The van der Waals surface area contributed by atoms with Gasteiger partial charge in [-0.25, -0.2) is 4.79 Å². The summed E-state index contributed by atoms with van der Waals surface area (Å²) in [6, 6.07) is 10.0. The Morgan fingerprint density at radius 3 is 2.74 bits per heavy atom. The van der Waals surface area contributed by atoms with E-state index in [0.29, 0.717) is 5.70 Å². The third-order valence-corrected chi connectivity index (χ3v) is 4.04. The first-order valence-corrected chi connectivity index (χ1v) is 7.66. The van der Waals surface area contributed by atoms with Crippen molar-refractivity contribution in [2.75, 3.05) is 14.2 Å². The average Bonchev–Trinajstić information content (AvgIpc) is 3.00. The van der Waals surface area contributed by atoms with Gasteiger partial charge in [0.25, 0.3) is 0 Å². The largest absolute Gasteiger partial charge is 0.464 e. The molecule has 0 amide bonds. The molecule has 1 aromatic carbocycles. The number of rotatable bonds is 3. The van der Waals surface area contributed by atoms with Crippen molar-refractivity contribution in [1.29, 1.82) is 0 Å². The number of hydrogen-bond acceptors (Lipinski definition) is 3. The molecule has 0 aliphatic carbocycles. The summed E-state index contributed by atoms with van der Waals surface area (Å²) in [6.07, 6.45) is 8.72. The van der Waals surface area contributed by atoms with Crippen LogP contribution in [0.4, 0.5) is 0 Å². The molecule has 0 fully saturated rings. The molecule has 3 rings (SSSR count). The number of nitrogens with zero attached hydrogens (tertiary/aromatic N) is 2. The van der Waals surface area contributed by atoms with E-state index in [1.54, 1.807) is 0 Å². The Hall–Kier alpha value is -2.75. The number of carbonyl (C=O) groups is 1. The van der Waals surface area contributed by atoms with E-state index in [4.69, 9.17) is 4.74 Å². The first kappa shape index (κ1) is 15.2. The second-order valence-electron chi connectivity index (χ2n) is 5.49. The second-order valence-corrected chi connectivity index (χ2v) is 5.49. The molecular weight excluding hydrogens is 288 g/mol. The van der Waals surface area contributed by atoms with Gasteiger partial charge in [-0.1, -0.05) is 25.1 Å². The van der Waals surface area contributed by atoms with E-state index in [1.807, 2.05) is 71.5 Å². The summed E-state index contributed by atoms with van der Waals surface area (Å²) >= 11 is 0. The number of fused-ring (bicyclic) bond motifs is 1. The number of ether oxygens (including phenoxy) is 1. The molecule has 4 nitrogen and oxygen atoms in total. The summed E-state index contributed by atoms with van der Waals surface area (Å²) in [5.74, 6) is -0.338. The van der Waals surface area contributed by atoms with E-state index in [0.717, 1.165) is 28.5 Å². The third kappa shape index (κ3) is 2.68. The molecule has 0 N–H and O–H groups in total. The summed E-state index contributed by atoms with van der Waals surface area (Å²) in [4.78, 5) is 14.5. The zero-order valence-corrected chi connectivity index (χ0v) is 13.6. The number of esters is 1. The quantitative estimate of drug-likeness (QED) is 0.639. The first-order chi connectivity index (χ1) is 11.2. The Morgan fingerprint density at radius 2 is 2.00 bits per heavy atom. The maximum Gasteiger partial charge on any atom is 0.355 e. The number of carbonyl (C=O) groups excluding carboxylic acids is 1. The van der Waals surface area contributed by atoms with Crippen molar-refractivity contribution >= 4 is 22.6 Å². The minimum Gasteiger partial charge on any atom is -0.464 e. The molecule has 0 atom stereocenters.